The molecule has 1 aliphatic rings. The second kappa shape index (κ2) is 14.2. The molecule has 4 rings (SSSR count). The summed E-state index contributed by atoms with van der Waals surface area (Å²) in [6.45, 7) is 9.76. The number of aliphatic hydroxyl groups excluding tert-OH is 1. The van der Waals surface area contributed by atoms with Crippen LogP contribution in [-0.4, -0.2) is 40.7 Å². The van der Waals surface area contributed by atoms with Crippen LogP contribution in [0.2, 0.25) is 5.02 Å². The van der Waals surface area contributed by atoms with Crippen molar-refractivity contribution >= 4 is 34.1 Å². The first-order valence-electron chi connectivity index (χ1n) is 13.1. The molecule has 0 spiro atoms. The number of benzene rings is 2. The van der Waals surface area contributed by atoms with Gasteiger partial charge in [0.05, 0.1) is 5.52 Å². The Morgan fingerprint density at radius 2 is 1.89 bits per heavy atom. The minimum atomic E-state index is -0.0203. The van der Waals surface area contributed by atoms with Gasteiger partial charge in [-0.2, -0.15) is 0 Å². The van der Waals surface area contributed by atoms with Gasteiger partial charge in [-0.1, -0.05) is 68.0 Å². The second-order valence-electron chi connectivity index (χ2n) is 9.74. The van der Waals surface area contributed by atoms with Crippen molar-refractivity contribution in [2.45, 2.75) is 52.6 Å². The zero-order valence-electron chi connectivity index (χ0n) is 22.5. The van der Waals surface area contributed by atoms with Crippen molar-refractivity contribution in [1.82, 2.24) is 9.47 Å². The zero-order chi connectivity index (χ0) is 26.8. The van der Waals surface area contributed by atoms with E-state index in [1.165, 1.54) is 22.0 Å². The molecule has 1 aliphatic heterocycles. The van der Waals surface area contributed by atoms with E-state index in [2.05, 4.69) is 69.5 Å². The maximum absolute atomic E-state index is 12.1. The Kier molecular flexibility index (Phi) is 11.0. The fraction of sp³-hybridized carbons (Fsp3) is 0.387. The molecule has 6 heteroatoms. The lowest BCUT2D eigenvalue weighted by molar-refractivity contribution is -0.118. The molecule has 1 aromatic heterocycles. The third kappa shape index (κ3) is 7.81. The summed E-state index contributed by atoms with van der Waals surface area (Å²) >= 11 is 6.33. The van der Waals surface area contributed by atoms with Crippen LogP contribution < -0.4 is 5.32 Å². The molecule has 2 aromatic carbocycles. The van der Waals surface area contributed by atoms with Gasteiger partial charge in [-0.15, -0.1) is 0 Å². The van der Waals surface area contributed by atoms with E-state index in [0.717, 1.165) is 56.8 Å². The van der Waals surface area contributed by atoms with E-state index in [-0.39, 0.29) is 11.8 Å². The van der Waals surface area contributed by atoms with Crippen LogP contribution >= 0.6 is 11.6 Å². The summed E-state index contributed by atoms with van der Waals surface area (Å²) < 4.78 is 2.29. The van der Waals surface area contributed by atoms with Gasteiger partial charge in [0.2, 0.25) is 5.91 Å². The quantitative estimate of drug-likeness (QED) is 0.313. The van der Waals surface area contributed by atoms with E-state index in [9.17, 15) is 4.79 Å². The molecule has 2 N–H and O–H groups in total. The number of amides is 1. The molecule has 2 heterocycles. The highest BCUT2D eigenvalue weighted by atomic mass is 35.5. The number of allylic oxidation sites excluding steroid dienone is 4. The number of fused-ring (bicyclic) bond motifs is 1. The van der Waals surface area contributed by atoms with Crippen LogP contribution in [-0.2, 0) is 17.9 Å². The van der Waals surface area contributed by atoms with Crippen LogP contribution in [0.3, 0.4) is 0 Å². The van der Waals surface area contributed by atoms with Crippen LogP contribution in [0.15, 0.2) is 73.0 Å². The first-order chi connectivity index (χ1) is 17.9. The Morgan fingerprint density at radius 1 is 1.14 bits per heavy atom. The van der Waals surface area contributed by atoms with Gasteiger partial charge in [0.1, 0.15) is 0 Å². The highest BCUT2D eigenvalue weighted by Gasteiger charge is 2.22. The summed E-state index contributed by atoms with van der Waals surface area (Å²) in [4.78, 5) is 14.6. The van der Waals surface area contributed by atoms with Crippen molar-refractivity contribution in [3.05, 3.63) is 89.1 Å². The summed E-state index contributed by atoms with van der Waals surface area (Å²) in [7, 11) is 1.00. The molecule has 1 saturated heterocycles. The SMILES string of the molecule is C/C=C\C=C/Cn1cc(CN2CCC(c3cccc(NC(=O)C(C)C)c3)CC2)c2ccc(Cl)cc21.CO. The van der Waals surface area contributed by atoms with E-state index >= 15 is 0 Å². The molecule has 0 bridgehead atoms. The van der Waals surface area contributed by atoms with Crippen molar-refractivity contribution in [2.75, 3.05) is 25.5 Å². The number of nitrogens with zero attached hydrogens (tertiary/aromatic N) is 2. The average molecular weight is 522 g/mol. The maximum atomic E-state index is 12.1. The lowest BCUT2D eigenvalue weighted by Crippen LogP contribution is -2.32. The first-order valence-corrected chi connectivity index (χ1v) is 13.5. The Hall–Kier alpha value is -2.86. The molecule has 37 heavy (non-hydrogen) atoms. The molecule has 0 radical (unpaired) electrons. The molecule has 0 unspecified atom stereocenters. The zero-order valence-corrected chi connectivity index (χ0v) is 23.2. The molecule has 1 fully saturated rings. The Morgan fingerprint density at radius 3 is 2.59 bits per heavy atom. The summed E-state index contributed by atoms with van der Waals surface area (Å²) in [5.41, 5.74) is 4.77. The van der Waals surface area contributed by atoms with Crippen LogP contribution in [0.1, 0.15) is 50.7 Å². The Balaban J connectivity index is 0.00000186. The molecular formula is C31H40ClN3O2. The maximum Gasteiger partial charge on any atom is 0.226 e. The molecule has 5 nitrogen and oxygen atoms in total. The molecule has 0 atom stereocenters. The predicted octanol–water partition coefficient (Wildman–Crippen LogP) is 7.01. The van der Waals surface area contributed by atoms with E-state index < -0.39 is 0 Å². The lowest BCUT2D eigenvalue weighted by Gasteiger charge is -2.32. The van der Waals surface area contributed by atoms with Gasteiger partial charge < -0.3 is 15.0 Å². The average Bonchev–Trinajstić information content (AvgIpc) is 3.24. The fourth-order valence-corrected chi connectivity index (χ4v) is 4.97. The Bertz CT molecular complexity index is 1220. The van der Waals surface area contributed by atoms with Gasteiger partial charge in [-0.3, -0.25) is 9.69 Å². The second-order valence-corrected chi connectivity index (χ2v) is 10.2. The molecule has 0 aliphatic carbocycles. The number of nitrogens with one attached hydrogen (secondary N) is 1. The van der Waals surface area contributed by atoms with Gasteiger partial charge in [-0.05, 0) is 74.2 Å². The third-order valence-electron chi connectivity index (χ3n) is 6.80. The highest BCUT2D eigenvalue weighted by Crippen LogP contribution is 2.32. The van der Waals surface area contributed by atoms with Gasteiger partial charge in [0.25, 0.3) is 0 Å². The normalized spacial score (nSPS) is 15.0. The van der Waals surface area contributed by atoms with Crippen LogP contribution in [0.5, 0.6) is 0 Å². The topological polar surface area (TPSA) is 57.5 Å². The van der Waals surface area contributed by atoms with Crippen LogP contribution in [0.25, 0.3) is 10.9 Å². The minimum Gasteiger partial charge on any atom is -0.400 e. The van der Waals surface area contributed by atoms with E-state index in [0.29, 0.717) is 5.92 Å². The third-order valence-corrected chi connectivity index (χ3v) is 7.04. The van der Waals surface area contributed by atoms with E-state index in [1.807, 2.05) is 39.0 Å². The summed E-state index contributed by atoms with van der Waals surface area (Å²) in [6.07, 6.45) is 12.9. The lowest BCUT2D eigenvalue weighted by atomic mass is 9.89. The molecule has 1 amide bonds. The minimum absolute atomic E-state index is 0.0203. The van der Waals surface area contributed by atoms with Crippen LogP contribution in [0, 0.1) is 5.92 Å². The summed E-state index contributed by atoms with van der Waals surface area (Å²) in [6, 6.07) is 14.6. The number of anilines is 1. The number of likely N-dealkylation sites (tertiary alicyclic amines) is 1. The van der Waals surface area contributed by atoms with Gasteiger partial charge in [-0.25, -0.2) is 0 Å². The molecule has 0 saturated carbocycles. The van der Waals surface area contributed by atoms with Crippen molar-refractivity contribution in [3.8, 4) is 0 Å². The summed E-state index contributed by atoms with van der Waals surface area (Å²) in [5, 5.41) is 12.1. The molecular weight excluding hydrogens is 482 g/mol. The number of carbonyl (C=O) groups excluding carboxylic acids is 1. The van der Waals surface area contributed by atoms with E-state index in [4.69, 9.17) is 16.7 Å². The molecule has 3 aromatic rings. The van der Waals surface area contributed by atoms with Gasteiger partial charge >= 0.3 is 0 Å². The van der Waals surface area contributed by atoms with Gasteiger partial charge in [0, 0.05) is 48.4 Å². The van der Waals surface area contributed by atoms with E-state index in [1.54, 1.807) is 0 Å². The predicted molar refractivity (Wildman–Crippen MR) is 156 cm³/mol. The number of aromatic nitrogens is 1. The number of piperidine rings is 1. The largest absolute Gasteiger partial charge is 0.400 e. The number of hydrogen-bond donors (Lipinski definition) is 2. The number of aliphatic hydroxyl groups is 1. The van der Waals surface area contributed by atoms with Crippen LogP contribution in [0.4, 0.5) is 5.69 Å². The highest BCUT2D eigenvalue weighted by molar-refractivity contribution is 6.31. The van der Waals surface area contributed by atoms with Crippen molar-refractivity contribution in [3.63, 3.8) is 0 Å². The first kappa shape index (κ1) is 28.7. The van der Waals surface area contributed by atoms with Crippen molar-refractivity contribution in [1.29, 1.82) is 0 Å². The summed E-state index contributed by atoms with van der Waals surface area (Å²) in [5.74, 6) is 0.571. The standard InChI is InChI=1S/C30H36ClN3O.CH4O/c1-4-5-6-7-15-34-21-25(28-12-11-26(31)19-29(28)34)20-33-16-13-23(14-17-33)24-9-8-10-27(18-24)32-30(35)22(2)3;1-2/h4-12,18-19,21-23H,13-17,20H2,1-3H3,(H,32,35);2H,1H3/b5-4-,7-6-;. The van der Waals surface area contributed by atoms with Crippen molar-refractivity contribution in [2.24, 2.45) is 5.92 Å². The fourth-order valence-electron chi connectivity index (χ4n) is 4.80. The number of hydrogen-bond acceptors (Lipinski definition) is 3. The molecule has 198 valence electrons. The van der Waals surface area contributed by atoms with Gasteiger partial charge in [0.15, 0.2) is 0 Å². The van der Waals surface area contributed by atoms with Crippen molar-refractivity contribution < 1.29 is 9.90 Å². The number of halogens is 1. The Labute approximate surface area is 226 Å². The smallest absolute Gasteiger partial charge is 0.226 e. The number of carbonyl (C=O) groups is 1. The monoisotopic (exact) mass is 521 g/mol. The number of rotatable bonds is 8.